The second-order valence-corrected chi connectivity index (χ2v) is 6.76. The van der Waals surface area contributed by atoms with Gasteiger partial charge in [0.15, 0.2) is 0 Å². The van der Waals surface area contributed by atoms with Crippen LogP contribution in [0.2, 0.25) is 0 Å². The van der Waals surface area contributed by atoms with Crippen molar-refractivity contribution in [1.82, 2.24) is 9.62 Å². The molecule has 1 aliphatic heterocycles. The van der Waals surface area contributed by atoms with Crippen molar-refractivity contribution >= 4 is 10.0 Å². The molecule has 0 radical (unpaired) electrons. The lowest BCUT2D eigenvalue weighted by Gasteiger charge is -2.39. The van der Waals surface area contributed by atoms with Crippen LogP contribution in [0.3, 0.4) is 0 Å². The molecule has 2 unspecified atom stereocenters. The van der Waals surface area contributed by atoms with Crippen molar-refractivity contribution in [3.8, 4) is 0 Å². The number of likely N-dealkylation sites (tertiary alicyclic amines) is 1. The summed E-state index contributed by atoms with van der Waals surface area (Å²) in [5, 5.41) is 9.36. The van der Waals surface area contributed by atoms with Crippen LogP contribution >= 0.6 is 0 Å². The van der Waals surface area contributed by atoms with E-state index in [0.29, 0.717) is 12.5 Å². The van der Waals surface area contributed by atoms with Gasteiger partial charge in [0.05, 0.1) is 12.9 Å². The number of hydrogen-bond acceptors (Lipinski definition) is 4. The maximum absolute atomic E-state index is 10.9. The minimum absolute atomic E-state index is 0.195. The van der Waals surface area contributed by atoms with Gasteiger partial charge in [-0.3, -0.25) is 4.90 Å². The second-order valence-electron chi connectivity index (χ2n) is 4.93. The number of hydrogen-bond donors (Lipinski definition) is 2. The van der Waals surface area contributed by atoms with Gasteiger partial charge in [0.1, 0.15) is 0 Å². The third kappa shape index (κ3) is 5.33. The Balaban J connectivity index is 2.30. The highest BCUT2D eigenvalue weighted by Crippen LogP contribution is 2.22. The first kappa shape index (κ1) is 14.9. The van der Waals surface area contributed by atoms with Gasteiger partial charge in [-0.2, -0.15) is 0 Å². The number of piperidine rings is 1. The molecule has 0 aromatic rings. The molecule has 102 valence electrons. The van der Waals surface area contributed by atoms with E-state index in [1.165, 1.54) is 12.7 Å². The lowest BCUT2D eigenvalue weighted by molar-refractivity contribution is 0.0525. The molecule has 1 saturated heterocycles. The van der Waals surface area contributed by atoms with Crippen molar-refractivity contribution in [2.75, 3.05) is 32.5 Å². The molecule has 1 fully saturated rings. The minimum Gasteiger partial charge on any atom is -0.395 e. The summed E-state index contributed by atoms with van der Waals surface area (Å²) in [6.45, 7) is 4.69. The molecule has 1 heterocycles. The van der Waals surface area contributed by atoms with Gasteiger partial charge >= 0.3 is 0 Å². The Labute approximate surface area is 104 Å². The average Bonchev–Trinajstić information content (AvgIpc) is 2.23. The van der Waals surface area contributed by atoms with Crippen LogP contribution < -0.4 is 4.72 Å². The zero-order valence-electron chi connectivity index (χ0n) is 10.7. The highest BCUT2D eigenvalue weighted by atomic mass is 32.2. The number of aliphatic hydroxyl groups is 1. The van der Waals surface area contributed by atoms with Gasteiger partial charge in [-0.05, 0) is 38.3 Å². The molecular weight excluding hydrogens is 240 g/mol. The van der Waals surface area contributed by atoms with Crippen LogP contribution in [-0.4, -0.2) is 57.0 Å². The number of nitrogens with one attached hydrogen (secondary N) is 1. The van der Waals surface area contributed by atoms with Crippen LogP contribution in [0.4, 0.5) is 0 Å². The Morgan fingerprint density at radius 2 is 2.18 bits per heavy atom. The van der Waals surface area contributed by atoms with E-state index in [1.807, 2.05) is 0 Å². The van der Waals surface area contributed by atoms with Gasteiger partial charge in [-0.1, -0.05) is 6.92 Å². The molecule has 0 amide bonds. The number of nitrogens with zero attached hydrogens (tertiary/aromatic N) is 1. The van der Waals surface area contributed by atoms with E-state index in [-0.39, 0.29) is 12.6 Å². The van der Waals surface area contributed by atoms with Gasteiger partial charge < -0.3 is 5.11 Å². The van der Waals surface area contributed by atoms with Crippen molar-refractivity contribution in [1.29, 1.82) is 0 Å². The van der Waals surface area contributed by atoms with E-state index in [9.17, 15) is 13.5 Å². The lowest BCUT2D eigenvalue weighted by Crippen LogP contribution is -2.47. The Morgan fingerprint density at radius 3 is 2.76 bits per heavy atom. The zero-order chi connectivity index (χ0) is 12.9. The summed E-state index contributed by atoms with van der Waals surface area (Å²) in [5.41, 5.74) is 0. The van der Waals surface area contributed by atoms with E-state index in [4.69, 9.17) is 0 Å². The number of rotatable bonds is 6. The topological polar surface area (TPSA) is 69.6 Å². The van der Waals surface area contributed by atoms with E-state index in [0.717, 1.165) is 25.9 Å². The quantitative estimate of drug-likeness (QED) is 0.664. The fourth-order valence-electron chi connectivity index (χ4n) is 2.45. The standard InChI is InChI=1S/C11H24N2O3S/c1-10-5-3-7-13(11(10)9-14)8-4-6-12-17(2,15)16/h10-12,14H,3-9H2,1-2H3. The van der Waals surface area contributed by atoms with Gasteiger partial charge in [-0.15, -0.1) is 0 Å². The van der Waals surface area contributed by atoms with E-state index >= 15 is 0 Å². The molecule has 5 nitrogen and oxygen atoms in total. The molecule has 0 saturated carbocycles. The Kier molecular flexibility index (Phi) is 5.85. The summed E-state index contributed by atoms with van der Waals surface area (Å²) in [7, 11) is -3.07. The summed E-state index contributed by atoms with van der Waals surface area (Å²) in [6.07, 6.45) is 4.29. The molecular formula is C11H24N2O3S. The summed E-state index contributed by atoms with van der Waals surface area (Å²) in [4.78, 5) is 2.28. The van der Waals surface area contributed by atoms with Crippen molar-refractivity contribution < 1.29 is 13.5 Å². The van der Waals surface area contributed by atoms with Crippen molar-refractivity contribution in [2.24, 2.45) is 5.92 Å². The summed E-state index contributed by atoms with van der Waals surface area (Å²) in [6, 6.07) is 0.238. The van der Waals surface area contributed by atoms with Gasteiger partial charge in [0.25, 0.3) is 0 Å². The van der Waals surface area contributed by atoms with E-state index in [1.54, 1.807) is 0 Å². The maximum atomic E-state index is 10.9. The first-order chi connectivity index (χ1) is 7.94. The molecule has 6 heteroatoms. The Morgan fingerprint density at radius 1 is 1.47 bits per heavy atom. The van der Waals surface area contributed by atoms with Gasteiger partial charge in [-0.25, -0.2) is 13.1 Å². The second kappa shape index (κ2) is 6.68. The zero-order valence-corrected chi connectivity index (χ0v) is 11.5. The third-order valence-corrected chi connectivity index (χ3v) is 4.13. The monoisotopic (exact) mass is 264 g/mol. The van der Waals surface area contributed by atoms with Crippen LogP contribution in [0.25, 0.3) is 0 Å². The number of aliphatic hydroxyl groups excluding tert-OH is 1. The molecule has 0 aromatic heterocycles. The van der Waals surface area contributed by atoms with Crippen LogP contribution in [0.15, 0.2) is 0 Å². The Bertz CT molecular complexity index is 319. The maximum Gasteiger partial charge on any atom is 0.208 e. The van der Waals surface area contributed by atoms with Crippen LogP contribution in [-0.2, 0) is 10.0 Å². The first-order valence-corrected chi connectivity index (χ1v) is 8.12. The normalized spacial score (nSPS) is 27.2. The molecule has 2 N–H and O–H groups in total. The van der Waals surface area contributed by atoms with Crippen LogP contribution in [0.1, 0.15) is 26.2 Å². The fourth-order valence-corrected chi connectivity index (χ4v) is 2.96. The highest BCUT2D eigenvalue weighted by Gasteiger charge is 2.27. The minimum atomic E-state index is -3.07. The molecule has 1 aliphatic rings. The smallest absolute Gasteiger partial charge is 0.208 e. The SMILES string of the molecule is CC1CCCN(CCCNS(C)(=O)=O)C1CO. The van der Waals surface area contributed by atoms with E-state index in [2.05, 4.69) is 16.5 Å². The molecule has 1 rings (SSSR count). The van der Waals surface area contributed by atoms with Crippen molar-refractivity contribution in [3.05, 3.63) is 0 Å². The van der Waals surface area contributed by atoms with Crippen LogP contribution in [0, 0.1) is 5.92 Å². The van der Waals surface area contributed by atoms with Gasteiger partial charge in [0, 0.05) is 12.6 Å². The predicted octanol–water partition coefficient (Wildman–Crippen LogP) is 0.0185. The fraction of sp³-hybridized carbons (Fsp3) is 1.00. The van der Waals surface area contributed by atoms with Crippen molar-refractivity contribution in [2.45, 2.75) is 32.2 Å². The third-order valence-electron chi connectivity index (χ3n) is 3.40. The molecule has 0 aromatic carbocycles. The molecule has 2 atom stereocenters. The lowest BCUT2D eigenvalue weighted by atomic mass is 9.91. The summed E-state index contributed by atoms with van der Waals surface area (Å²) in [5.74, 6) is 0.525. The Hall–Kier alpha value is -0.170. The molecule has 17 heavy (non-hydrogen) atoms. The first-order valence-electron chi connectivity index (χ1n) is 6.23. The van der Waals surface area contributed by atoms with Crippen LogP contribution in [0.5, 0.6) is 0 Å². The number of sulfonamides is 1. The summed E-state index contributed by atoms with van der Waals surface area (Å²) >= 11 is 0. The summed E-state index contributed by atoms with van der Waals surface area (Å²) < 4.78 is 24.3. The van der Waals surface area contributed by atoms with E-state index < -0.39 is 10.0 Å². The molecule has 0 bridgehead atoms. The highest BCUT2D eigenvalue weighted by molar-refractivity contribution is 7.88. The molecule has 0 aliphatic carbocycles. The average molecular weight is 264 g/mol. The van der Waals surface area contributed by atoms with Crippen molar-refractivity contribution in [3.63, 3.8) is 0 Å². The predicted molar refractivity (Wildman–Crippen MR) is 68.3 cm³/mol. The van der Waals surface area contributed by atoms with Gasteiger partial charge in [0.2, 0.25) is 10.0 Å². The largest absolute Gasteiger partial charge is 0.395 e. The molecule has 0 spiro atoms.